The number of nitrogens with one attached hydrogen (secondary N) is 2. The van der Waals surface area contributed by atoms with E-state index in [1.807, 2.05) is 97.1 Å². The fraction of sp³-hybridized carbons (Fsp3) is 0. The van der Waals surface area contributed by atoms with Gasteiger partial charge in [0.25, 0.3) is 0 Å². The molecule has 0 saturated heterocycles. The third-order valence-electron chi connectivity index (χ3n) is 7.46. The van der Waals surface area contributed by atoms with E-state index in [4.69, 9.17) is 52.9 Å². The van der Waals surface area contributed by atoms with Gasteiger partial charge in [0, 0.05) is 54.5 Å². The van der Waals surface area contributed by atoms with Gasteiger partial charge in [-0.05, 0) is 0 Å². The molecule has 47 heavy (non-hydrogen) atoms. The molecule has 230 valence electrons. The second kappa shape index (κ2) is 12.5. The van der Waals surface area contributed by atoms with Gasteiger partial charge in [0.15, 0.2) is 23.3 Å². The van der Waals surface area contributed by atoms with Crippen LogP contribution in [0, 0.1) is 0 Å². The molecule has 7 aromatic rings. The van der Waals surface area contributed by atoms with Crippen LogP contribution in [0.2, 0.25) is 0 Å². The van der Waals surface area contributed by atoms with Crippen molar-refractivity contribution in [2.24, 2.45) is 0 Å². The van der Waals surface area contributed by atoms with E-state index in [0.29, 0.717) is 45.9 Å². The highest BCUT2D eigenvalue weighted by molar-refractivity contribution is 8.09. The second-order valence-electron chi connectivity index (χ2n) is 10.2. The first-order valence-electron chi connectivity index (χ1n) is 14.0. The van der Waals surface area contributed by atoms with Gasteiger partial charge < -0.3 is 9.97 Å². The monoisotopic (exact) mass is 694 g/mol. The van der Waals surface area contributed by atoms with Crippen LogP contribution in [0.3, 0.4) is 0 Å². The first-order valence-corrected chi connectivity index (χ1v) is 19.3. The standard InChI is InChI=1S/C32H18N8.Al.ClHO3S.ClH.2H/c1-2-10-18-17(9-1)25-33-26(18)38-28-21-13-5-6-14-22(21)30(35-28)40-32-24-16-8-7-15-23(24)31(36-32)39-29-20-12-4-3-11-19(20)27(34-29)37-25;;1-5(2,3)4;;;/h1-16H,(H2,33,34,35,36,37,38,39,40);;(H,2,3,4);1H;;/q;+1;;;;/p-1. The fourth-order valence-electron chi connectivity index (χ4n) is 5.59. The quantitative estimate of drug-likeness (QED) is 0.0893. The van der Waals surface area contributed by atoms with E-state index in [2.05, 4.69) is 20.7 Å². The van der Waals surface area contributed by atoms with Gasteiger partial charge in [-0.15, -0.1) is 0 Å². The summed E-state index contributed by atoms with van der Waals surface area (Å²) >= 11 is 0.778. The second-order valence-corrected chi connectivity index (χ2v) is 12.2. The minimum Gasteiger partial charge on any atom is -0.324 e. The van der Waals surface area contributed by atoms with Crippen LogP contribution in [0.15, 0.2) is 97.1 Å². The number of aromatic amines is 2. The Kier molecular flexibility index (Phi) is 8.19. The predicted molar refractivity (Wildman–Crippen MR) is 188 cm³/mol. The average Bonchev–Trinajstić information content (AvgIpc) is 3.81. The zero-order chi connectivity index (χ0) is 32.7. The molecule has 0 amide bonds. The minimum atomic E-state index is -4.19. The molecule has 8 bridgehead atoms. The highest BCUT2D eigenvalue weighted by Crippen LogP contribution is 2.36. The Morgan fingerprint density at radius 2 is 0.681 bits per heavy atom. The molecule has 5 heterocycles. The maximum Gasteiger partial charge on any atom is 0.353 e. The van der Waals surface area contributed by atoms with Crippen molar-refractivity contribution in [1.29, 1.82) is 0 Å². The van der Waals surface area contributed by atoms with Crippen LogP contribution in [0.5, 0.6) is 0 Å². The molecule has 3 aromatic heterocycles. The molecule has 0 atom stereocenters. The van der Waals surface area contributed by atoms with Gasteiger partial charge in [-0.25, -0.2) is 29.9 Å². The highest BCUT2D eigenvalue weighted by atomic mass is 35.7. The Morgan fingerprint density at radius 3 is 0.915 bits per heavy atom. The number of aromatic nitrogens is 8. The number of H-pyrrole nitrogens is 2. The predicted octanol–water partition coefficient (Wildman–Crippen LogP) is 6.67. The van der Waals surface area contributed by atoms with Gasteiger partial charge in [-0.2, -0.15) is 8.42 Å². The van der Waals surface area contributed by atoms with E-state index >= 15 is 0 Å². The summed E-state index contributed by atoms with van der Waals surface area (Å²) < 4.78 is 25.2. The van der Waals surface area contributed by atoms with E-state index in [9.17, 15) is 0 Å². The first-order chi connectivity index (χ1) is 22.8. The molecule has 11 nitrogen and oxygen atoms in total. The molecular formula is C32H21AlCl2N8O3S. The molecule has 0 fully saturated rings. The normalized spacial score (nSPS) is 11.6. The highest BCUT2D eigenvalue weighted by Gasteiger charge is 2.21. The third kappa shape index (κ3) is 5.97. The Morgan fingerprint density at radius 1 is 0.468 bits per heavy atom. The fourth-order valence-corrected chi connectivity index (χ4v) is 5.59. The molecule has 3 N–H and O–H groups in total. The number of nitrogens with zero attached hydrogens (tertiary/aromatic N) is 6. The maximum atomic E-state index is 8.95. The van der Waals surface area contributed by atoms with Crippen LogP contribution in [-0.2, 0) is 9.33 Å². The topological polar surface area (TPSA) is 163 Å². The molecular weight excluding hydrogens is 674 g/mol. The number of benzene rings is 4. The van der Waals surface area contributed by atoms with E-state index in [1.165, 1.54) is 0 Å². The smallest absolute Gasteiger partial charge is 0.324 e. The summed E-state index contributed by atoms with van der Waals surface area (Å²) in [5.41, 5.74) is 6.45. The summed E-state index contributed by atoms with van der Waals surface area (Å²) in [5, 5.41) is 3.82. The summed E-state index contributed by atoms with van der Waals surface area (Å²) in [7, 11) is 4.64. The van der Waals surface area contributed by atoms with Crippen molar-refractivity contribution < 1.29 is 13.0 Å². The number of halogens is 2. The molecule has 9 rings (SSSR count). The lowest BCUT2D eigenvalue weighted by molar-refractivity contribution is 0.501. The number of fused-ring (bicyclic) bond motifs is 20. The Labute approximate surface area is 283 Å². The van der Waals surface area contributed by atoms with Gasteiger partial charge >= 0.3 is 24.7 Å². The largest absolute Gasteiger partial charge is 0.353 e. The van der Waals surface area contributed by atoms with E-state index < -0.39 is 9.33 Å². The molecule has 15 heteroatoms. The van der Waals surface area contributed by atoms with Crippen molar-refractivity contribution in [2.75, 3.05) is 0 Å². The summed E-state index contributed by atoms with van der Waals surface area (Å²) in [6.45, 7) is 0. The third-order valence-corrected chi connectivity index (χ3v) is 7.46. The molecule has 4 aromatic carbocycles. The molecule has 0 aliphatic carbocycles. The Bertz CT molecular complexity index is 2300. The zero-order valence-electron chi connectivity index (χ0n) is 24.3. The average molecular weight is 696 g/mol. The Hall–Kier alpha value is -4.74. The lowest BCUT2D eigenvalue weighted by Gasteiger charge is -1.96. The van der Waals surface area contributed by atoms with E-state index in [0.717, 1.165) is 59.2 Å². The van der Waals surface area contributed by atoms with Crippen LogP contribution in [0.1, 0.15) is 0 Å². The molecule has 0 unspecified atom stereocenters. The first kappa shape index (κ1) is 30.9. The number of hydrogen-bond donors (Lipinski definition) is 3. The molecule has 0 radical (unpaired) electrons. The van der Waals surface area contributed by atoms with Crippen LogP contribution in [0.25, 0.3) is 89.7 Å². The van der Waals surface area contributed by atoms with Crippen LogP contribution >= 0.6 is 20.7 Å². The summed E-state index contributed by atoms with van der Waals surface area (Å²) in [6, 6.07) is 32.2. The SMILES string of the molecule is O=S(=O)(O)Cl.[AlH2][Cl].c1ccc2c(c1)-c1nc-2nc2[nH]c(nc3nc(nc4[nH]c(n1)c1ccccc41)-c1ccccc1-3)c1ccccc21. The van der Waals surface area contributed by atoms with Gasteiger partial charge in [0.1, 0.15) is 22.6 Å². The van der Waals surface area contributed by atoms with Gasteiger partial charge in [-0.3, -0.25) is 14.6 Å². The van der Waals surface area contributed by atoms with Crippen LogP contribution < -0.4 is 0 Å². The lowest BCUT2D eigenvalue weighted by Crippen LogP contribution is -1.82. The van der Waals surface area contributed by atoms with Crippen molar-refractivity contribution in [1.82, 2.24) is 39.9 Å². The minimum absolute atomic E-state index is 0.597. The number of hydrogen-bond acceptors (Lipinski definition) is 8. The van der Waals surface area contributed by atoms with E-state index in [-0.39, 0.29) is 0 Å². The Balaban J connectivity index is 0.000000462. The van der Waals surface area contributed by atoms with Gasteiger partial charge in [-0.1, -0.05) is 97.1 Å². The van der Waals surface area contributed by atoms with Crippen molar-refractivity contribution in [3.8, 4) is 45.6 Å². The molecule has 2 aliphatic heterocycles. The van der Waals surface area contributed by atoms with Gasteiger partial charge in [0.05, 0.1) is 0 Å². The van der Waals surface area contributed by atoms with Crippen molar-refractivity contribution in [2.45, 2.75) is 0 Å². The summed E-state index contributed by atoms with van der Waals surface area (Å²) in [6.07, 6.45) is 0. The molecule has 0 spiro atoms. The van der Waals surface area contributed by atoms with Crippen LogP contribution in [-0.4, -0.2) is 68.2 Å². The van der Waals surface area contributed by atoms with Gasteiger partial charge in [0.2, 0.25) is 0 Å². The zero-order valence-corrected chi connectivity index (χ0v) is 28.7. The van der Waals surface area contributed by atoms with Crippen molar-refractivity contribution >= 4 is 89.6 Å². The van der Waals surface area contributed by atoms with Crippen molar-refractivity contribution in [3.05, 3.63) is 97.1 Å². The van der Waals surface area contributed by atoms with Crippen molar-refractivity contribution in [3.63, 3.8) is 0 Å². The van der Waals surface area contributed by atoms with Crippen LogP contribution in [0.4, 0.5) is 0 Å². The molecule has 0 saturated carbocycles. The summed E-state index contributed by atoms with van der Waals surface area (Å²) in [4.78, 5) is 36.8. The number of rotatable bonds is 0. The molecule has 2 aliphatic rings. The maximum absolute atomic E-state index is 8.95. The lowest BCUT2D eigenvalue weighted by atomic mass is 10.1. The van der Waals surface area contributed by atoms with E-state index in [1.54, 1.807) is 0 Å². The summed E-state index contributed by atoms with van der Waals surface area (Å²) in [5.74, 6) is 2.39.